The molecule has 1 atom stereocenters. The molecule has 0 saturated heterocycles. The van der Waals surface area contributed by atoms with Crippen LogP contribution < -0.4 is 14.8 Å². The third-order valence-corrected chi connectivity index (χ3v) is 3.30. The Balaban J connectivity index is 3.13. The van der Waals surface area contributed by atoms with E-state index < -0.39 is 17.9 Å². The molecule has 1 amide bonds. The second kappa shape index (κ2) is 7.68. The second-order valence-corrected chi connectivity index (χ2v) is 4.93. The summed E-state index contributed by atoms with van der Waals surface area (Å²) in [5, 5.41) is 11.5. The number of hydrogen-bond acceptors (Lipinski definition) is 4. The third kappa shape index (κ3) is 4.22. The lowest BCUT2D eigenvalue weighted by molar-refractivity contribution is -0.139. The molecule has 0 aromatic heterocycles. The molecule has 1 aromatic rings. The van der Waals surface area contributed by atoms with Gasteiger partial charge in [0.2, 0.25) is 0 Å². The molecule has 2 N–H and O–H groups in total. The smallest absolute Gasteiger partial charge is 0.326 e. The van der Waals surface area contributed by atoms with Crippen LogP contribution in [-0.2, 0) is 4.79 Å². The Kier molecular flexibility index (Phi) is 6.23. The summed E-state index contributed by atoms with van der Waals surface area (Å²) in [5.41, 5.74) is 0.180. The van der Waals surface area contributed by atoms with Crippen LogP contribution in [0.4, 0.5) is 0 Å². The van der Waals surface area contributed by atoms with Crippen LogP contribution in [0.25, 0.3) is 0 Å². The normalized spacial score (nSPS) is 11.4. The van der Waals surface area contributed by atoms with E-state index in [1.807, 2.05) is 0 Å². The van der Waals surface area contributed by atoms with E-state index in [0.717, 1.165) is 0 Å². The highest BCUT2D eigenvalue weighted by molar-refractivity contribution is 9.10. The molecule has 21 heavy (non-hydrogen) atoms. The number of rotatable bonds is 7. The fraction of sp³-hybridized carbons (Fsp3) is 0.286. The van der Waals surface area contributed by atoms with Crippen molar-refractivity contribution in [2.45, 2.75) is 12.5 Å². The summed E-state index contributed by atoms with van der Waals surface area (Å²) in [5.74, 6) is -0.954. The zero-order chi connectivity index (χ0) is 16.0. The van der Waals surface area contributed by atoms with Crippen LogP contribution in [0.3, 0.4) is 0 Å². The lowest BCUT2D eigenvalue weighted by Crippen LogP contribution is -2.40. The monoisotopic (exact) mass is 357 g/mol. The van der Waals surface area contributed by atoms with Crippen molar-refractivity contribution in [3.63, 3.8) is 0 Å². The first-order chi connectivity index (χ1) is 9.94. The van der Waals surface area contributed by atoms with E-state index in [9.17, 15) is 9.59 Å². The van der Waals surface area contributed by atoms with Gasteiger partial charge in [0.15, 0.2) is 0 Å². The van der Waals surface area contributed by atoms with Gasteiger partial charge in [0.1, 0.15) is 17.5 Å². The van der Waals surface area contributed by atoms with Crippen LogP contribution in [0.1, 0.15) is 16.8 Å². The summed E-state index contributed by atoms with van der Waals surface area (Å²) in [4.78, 5) is 23.3. The summed E-state index contributed by atoms with van der Waals surface area (Å²) in [6.45, 7) is 3.47. The van der Waals surface area contributed by atoms with Crippen molar-refractivity contribution < 1.29 is 24.2 Å². The number of methoxy groups -OCH3 is 2. The molecule has 0 heterocycles. The number of ether oxygens (including phenoxy) is 2. The first kappa shape index (κ1) is 17.0. The minimum absolute atomic E-state index is 0.120. The largest absolute Gasteiger partial charge is 0.497 e. The highest BCUT2D eigenvalue weighted by Gasteiger charge is 2.23. The molecule has 6 nitrogen and oxygen atoms in total. The van der Waals surface area contributed by atoms with Crippen LogP contribution >= 0.6 is 15.9 Å². The van der Waals surface area contributed by atoms with Gasteiger partial charge in [0, 0.05) is 0 Å². The molecule has 0 aliphatic heterocycles. The quantitative estimate of drug-likeness (QED) is 0.731. The molecular weight excluding hydrogens is 342 g/mol. The zero-order valence-electron chi connectivity index (χ0n) is 11.7. The molecule has 0 radical (unpaired) electrons. The first-order valence-electron chi connectivity index (χ1n) is 6.00. The number of amides is 1. The van der Waals surface area contributed by atoms with Gasteiger partial charge in [-0.2, -0.15) is 0 Å². The SMILES string of the molecule is C=CCC(NC(=O)c1cc(OC)cc(Br)c1OC)C(=O)O. The fourth-order valence-electron chi connectivity index (χ4n) is 1.69. The number of carbonyl (C=O) groups is 2. The number of carboxylic acids is 1. The standard InChI is InChI=1S/C14H16BrNO5/c1-4-5-11(14(18)19)16-13(17)9-6-8(20-2)7-10(15)12(9)21-3/h4,6-7,11H,1,5H2,2-3H3,(H,16,17)(H,18,19). The molecule has 0 aliphatic rings. The maximum atomic E-state index is 12.3. The van der Waals surface area contributed by atoms with Crippen LogP contribution in [0.2, 0.25) is 0 Å². The van der Waals surface area contributed by atoms with Crippen LogP contribution in [0.15, 0.2) is 29.3 Å². The van der Waals surface area contributed by atoms with Crippen molar-refractivity contribution >= 4 is 27.8 Å². The molecule has 7 heteroatoms. The van der Waals surface area contributed by atoms with Gasteiger partial charge in [0.25, 0.3) is 5.91 Å². The Bertz CT molecular complexity index is 559. The van der Waals surface area contributed by atoms with Gasteiger partial charge in [-0.25, -0.2) is 4.79 Å². The third-order valence-electron chi connectivity index (χ3n) is 2.71. The molecule has 114 valence electrons. The molecule has 0 saturated carbocycles. The predicted octanol–water partition coefficient (Wildman–Crippen LogP) is 2.23. The molecular formula is C14H16BrNO5. The van der Waals surface area contributed by atoms with E-state index in [2.05, 4.69) is 27.8 Å². The van der Waals surface area contributed by atoms with Crippen LogP contribution in [0, 0.1) is 0 Å². The molecule has 0 bridgehead atoms. The van der Waals surface area contributed by atoms with Crippen molar-refractivity contribution in [1.82, 2.24) is 5.32 Å². The lowest BCUT2D eigenvalue weighted by Gasteiger charge is -2.16. The van der Waals surface area contributed by atoms with E-state index in [1.165, 1.54) is 26.4 Å². The zero-order valence-corrected chi connectivity index (χ0v) is 13.3. The van der Waals surface area contributed by atoms with E-state index in [-0.39, 0.29) is 12.0 Å². The lowest BCUT2D eigenvalue weighted by atomic mass is 10.1. The molecule has 0 spiro atoms. The van der Waals surface area contributed by atoms with Crippen LogP contribution in [0.5, 0.6) is 11.5 Å². The van der Waals surface area contributed by atoms with E-state index in [1.54, 1.807) is 6.07 Å². The van der Waals surface area contributed by atoms with Gasteiger partial charge in [-0.05, 0) is 34.5 Å². The van der Waals surface area contributed by atoms with Gasteiger partial charge in [0.05, 0.1) is 24.3 Å². The van der Waals surface area contributed by atoms with E-state index in [4.69, 9.17) is 14.6 Å². The maximum absolute atomic E-state index is 12.3. The Morgan fingerprint density at radius 2 is 2.10 bits per heavy atom. The summed E-state index contributed by atoms with van der Waals surface area (Å²) in [6, 6.07) is 2.07. The van der Waals surface area contributed by atoms with Crippen molar-refractivity contribution in [3.05, 3.63) is 34.8 Å². The number of hydrogen-bond donors (Lipinski definition) is 2. The maximum Gasteiger partial charge on any atom is 0.326 e. The van der Waals surface area contributed by atoms with Crippen molar-refractivity contribution in [1.29, 1.82) is 0 Å². The molecule has 0 aliphatic carbocycles. The molecule has 1 aromatic carbocycles. The Labute approximate surface area is 130 Å². The number of nitrogens with one attached hydrogen (secondary N) is 1. The number of halogens is 1. The first-order valence-corrected chi connectivity index (χ1v) is 6.80. The summed E-state index contributed by atoms with van der Waals surface area (Å²) in [6.07, 6.45) is 1.55. The summed E-state index contributed by atoms with van der Waals surface area (Å²) < 4.78 is 10.8. The van der Waals surface area contributed by atoms with E-state index in [0.29, 0.717) is 16.0 Å². The average Bonchev–Trinajstić information content (AvgIpc) is 2.45. The minimum Gasteiger partial charge on any atom is -0.497 e. The van der Waals surface area contributed by atoms with Crippen molar-refractivity contribution in [2.75, 3.05) is 14.2 Å². The van der Waals surface area contributed by atoms with E-state index >= 15 is 0 Å². The molecule has 1 rings (SSSR count). The number of carbonyl (C=O) groups excluding carboxylic acids is 1. The van der Waals surface area contributed by atoms with Crippen molar-refractivity contribution in [3.8, 4) is 11.5 Å². The Hall–Kier alpha value is -2.02. The van der Waals surface area contributed by atoms with Gasteiger partial charge in [-0.15, -0.1) is 6.58 Å². The van der Waals surface area contributed by atoms with Gasteiger partial charge >= 0.3 is 5.97 Å². The number of carboxylic acid groups (broad SMARTS) is 1. The topological polar surface area (TPSA) is 84.9 Å². The second-order valence-electron chi connectivity index (χ2n) is 4.08. The summed E-state index contributed by atoms with van der Waals surface area (Å²) in [7, 11) is 2.88. The predicted molar refractivity (Wildman–Crippen MR) is 81.0 cm³/mol. The van der Waals surface area contributed by atoms with Crippen LogP contribution in [-0.4, -0.2) is 37.2 Å². The van der Waals surface area contributed by atoms with Gasteiger partial charge < -0.3 is 19.9 Å². The highest BCUT2D eigenvalue weighted by Crippen LogP contribution is 2.33. The fourth-order valence-corrected chi connectivity index (χ4v) is 2.29. The van der Waals surface area contributed by atoms with Gasteiger partial charge in [-0.3, -0.25) is 4.79 Å². The molecule has 1 unspecified atom stereocenters. The summed E-state index contributed by atoms with van der Waals surface area (Å²) >= 11 is 3.28. The Morgan fingerprint density at radius 3 is 2.57 bits per heavy atom. The minimum atomic E-state index is -1.14. The average molecular weight is 358 g/mol. The van der Waals surface area contributed by atoms with Crippen molar-refractivity contribution in [2.24, 2.45) is 0 Å². The number of benzene rings is 1. The Morgan fingerprint density at radius 1 is 1.43 bits per heavy atom. The highest BCUT2D eigenvalue weighted by atomic mass is 79.9. The van der Waals surface area contributed by atoms with Gasteiger partial charge in [-0.1, -0.05) is 6.08 Å². The number of aliphatic carboxylic acids is 1. The molecule has 0 fully saturated rings.